The Balaban J connectivity index is 2.33. The molecule has 4 nitrogen and oxygen atoms in total. The van der Waals surface area contributed by atoms with E-state index in [2.05, 4.69) is 30.5 Å². The second kappa shape index (κ2) is 7.73. The molecule has 1 aliphatic rings. The highest BCUT2D eigenvalue weighted by Gasteiger charge is 2.40. The quantitative estimate of drug-likeness (QED) is 0.745. The molecule has 1 unspecified atom stereocenters. The highest BCUT2D eigenvalue weighted by molar-refractivity contribution is 5.91. The van der Waals surface area contributed by atoms with Crippen LogP contribution >= 0.6 is 0 Å². The van der Waals surface area contributed by atoms with Gasteiger partial charge in [0, 0.05) is 17.1 Å². The second-order valence-electron chi connectivity index (χ2n) is 7.60. The van der Waals surface area contributed by atoms with Gasteiger partial charge in [0.25, 0.3) is 0 Å². The Morgan fingerprint density at radius 2 is 1.96 bits per heavy atom. The molecule has 1 aromatic heterocycles. The van der Waals surface area contributed by atoms with Crippen LogP contribution in [0.15, 0.2) is 18.2 Å². The molecule has 1 heterocycles. The third-order valence-electron chi connectivity index (χ3n) is 5.97. The zero-order chi connectivity index (χ0) is 18.7. The minimum Gasteiger partial charge on any atom is -0.497 e. The number of benzene rings is 1. The number of nitrogens with two attached hydrogens (primary N) is 1. The van der Waals surface area contributed by atoms with Gasteiger partial charge >= 0.3 is 0 Å². The highest BCUT2D eigenvalue weighted by Crippen LogP contribution is 2.41. The summed E-state index contributed by atoms with van der Waals surface area (Å²) >= 11 is 0. The van der Waals surface area contributed by atoms with Crippen molar-refractivity contribution in [3.05, 3.63) is 29.5 Å². The predicted molar refractivity (Wildman–Crippen MR) is 107 cm³/mol. The molecule has 1 atom stereocenters. The van der Waals surface area contributed by atoms with Crippen molar-refractivity contribution in [2.75, 3.05) is 7.11 Å². The van der Waals surface area contributed by atoms with Crippen LogP contribution < -0.4 is 10.5 Å². The Morgan fingerprint density at radius 1 is 1.19 bits per heavy atom. The second-order valence-corrected chi connectivity index (χ2v) is 7.60. The summed E-state index contributed by atoms with van der Waals surface area (Å²) in [5.74, 6) is 0.639. The molecule has 1 aromatic carbocycles. The molecule has 4 heteroatoms. The van der Waals surface area contributed by atoms with Crippen molar-refractivity contribution in [3.8, 4) is 5.75 Å². The van der Waals surface area contributed by atoms with Crippen LogP contribution in [0.4, 0.5) is 0 Å². The normalized spacial score (nSPS) is 16.3. The zero-order valence-electron chi connectivity index (χ0n) is 16.4. The minimum atomic E-state index is -0.639. The average Bonchev–Trinajstić information content (AvgIpc) is 2.99. The largest absolute Gasteiger partial charge is 0.497 e. The SMILES string of the molecule is CCCCC(CCC)(C(N)=O)n1c2c(c3ccc(OC)cc31)CCCC2. The van der Waals surface area contributed by atoms with Crippen LogP contribution in [0.3, 0.4) is 0 Å². The number of fused-ring (bicyclic) bond motifs is 3. The number of hydrogen-bond donors (Lipinski definition) is 1. The molecule has 2 N–H and O–H groups in total. The molecule has 1 amide bonds. The van der Waals surface area contributed by atoms with Gasteiger partial charge in [0.2, 0.25) is 5.91 Å². The number of primary amides is 1. The summed E-state index contributed by atoms with van der Waals surface area (Å²) in [6.07, 6.45) is 9.09. The van der Waals surface area contributed by atoms with Crippen molar-refractivity contribution < 1.29 is 9.53 Å². The van der Waals surface area contributed by atoms with E-state index in [1.165, 1.54) is 29.5 Å². The number of hydrogen-bond acceptors (Lipinski definition) is 2. The molecule has 26 heavy (non-hydrogen) atoms. The summed E-state index contributed by atoms with van der Waals surface area (Å²) in [7, 11) is 1.69. The van der Waals surface area contributed by atoms with Gasteiger partial charge in [-0.15, -0.1) is 0 Å². The number of rotatable bonds is 8. The van der Waals surface area contributed by atoms with Gasteiger partial charge in [-0.1, -0.05) is 33.1 Å². The number of aromatic nitrogens is 1. The Morgan fingerprint density at radius 3 is 2.62 bits per heavy atom. The lowest BCUT2D eigenvalue weighted by Crippen LogP contribution is -2.47. The van der Waals surface area contributed by atoms with Crippen molar-refractivity contribution in [1.29, 1.82) is 0 Å². The molecule has 0 aliphatic heterocycles. The predicted octanol–water partition coefficient (Wildman–Crippen LogP) is 4.70. The minimum absolute atomic E-state index is 0.194. The molecule has 0 radical (unpaired) electrons. The summed E-state index contributed by atoms with van der Waals surface area (Å²) in [5, 5.41) is 1.26. The van der Waals surface area contributed by atoms with Crippen LogP contribution in [0.1, 0.15) is 70.1 Å². The number of ether oxygens (including phenoxy) is 1. The molecule has 0 saturated carbocycles. The van der Waals surface area contributed by atoms with E-state index in [0.29, 0.717) is 0 Å². The van der Waals surface area contributed by atoms with Crippen molar-refractivity contribution in [2.24, 2.45) is 5.73 Å². The number of nitrogens with zero attached hydrogens (tertiary/aromatic N) is 1. The smallest absolute Gasteiger partial charge is 0.243 e. The average molecular weight is 357 g/mol. The monoisotopic (exact) mass is 356 g/mol. The Bertz CT molecular complexity index is 793. The molecule has 2 aromatic rings. The van der Waals surface area contributed by atoms with E-state index in [-0.39, 0.29) is 5.91 Å². The van der Waals surface area contributed by atoms with Gasteiger partial charge in [0.1, 0.15) is 11.3 Å². The molecule has 142 valence electrons. The van der Waals surface area contributed by atoms with E-state index < -0.39 is 5.54 Å². The summed E-state index contributed by atoms with van der Waals surface area (Å²) in [6, 6.07) is 6.28. The number of unbranched alkanes of at least 4 members (excludes halogenated alkanes) is 1. The summed E-state index contributed by atoms with van der Waals surface area (Å²) in [4.78, 5) is 12.9. The Hall–Kier alpha value is -1.97. The lowest BCUT2D eigenvalue weighted by molar-refractivity contribution is -0.127. The fourth-order valence-electron chi connectivity index (χ4n) is 4.73. The van der Waals surface area contributed by atoms with Gasteiger partial charge in [-0.25, -0.2) is 0 Å². The van der Waals surface area contributed by atoms with Crippen LogP contribution in [0, 0.1) is 0 Å². The molecule has 3 rings (SSSR count). The van der Waals surface area contributed by atoms with Gasteiger partial charge in [-0.3, -0.25) is 4.79 Å². The third-order valence-corrected chi connectivity index (χ3v) is 5.97. The maximum absolute atomic E-state index is 12.9. The van der Waals surface area contributed by atoms with Gasteiger partial charge in [-0.05, 0) is 56.2 Å². The van der Waals surface area contributed by atoms with E-state index in [4.69, 9.17) is 10.5 Å². The Kier molecular flexibility index (Phi) is 5.59. The molecular weight excluding hydrogens is 324 g/mol. The maximum Gasteiger partial charge on any atom is 0.243 e. The standard InChI is InChI=1S/C22H32N2O2/c1-4-6-14-22(13-5-2,21(23)25)24-19-10-8-7-9-17(19)18-12-11-16(26-3)15-20(18)24/h11-12,15H,4-10,13-14H2,1-3H3,(H2,23,25). The van der Waals surface area contributed by atoms with Gasteiger partial charge < -0.3 is 15.0 Å². The van der Waals surface area contributed by atoms with Crippen LogP contribution in [0.5, 0.6) is 5.75 Å². The number of carbonyl (C=O) groups is 1. The molecule has 0 fully saturated rings. The number of carbonyl (C=O) groups excluding carboxylic acids is 1. The molecule has 1 aliphatic carbocycles. The molecule has 0 bridgehead atoms. The number of methoxy groups -OCH3 is 1. The van der Waals surface area contributed by atoms with Gasteiger partial charge in [-0.2, -0.15) is 0 Å². The number of amides is 1. The van der Waals surface area contributed by atoms with Crippen molar-refractivity contribution in [2.45, 2.75) is 77.2 Å². The summed E-state index contributed by atoms with van der Waals surface area (Å²) in [6.45, 7) is 4.31. The first-order chi connectivity index (χ1) is 12.6. The highest BCUT2D eigenvalue weighted by atomic mass is 16.5. The zero-order valence-corrected chi connectivity index (χ0v) is 16.4. The first-order valence-corrected chi connectivity index (χ1v) is 10.1. The van der Waals surface area contributed by atoms with Crippen molar-refractivity contribution in [1.82, 2.24) is 4.57 Å². The van der Waals surface area contributed by atoms with E-state index in [1.54, 1.807) is 7.11 Å². The third kappa shape index (κ3) is 3.00. The topological polar surface area (TPSA) is 57.2 Å². The first-order valence-electron chi connectivity index (χ1n) is 10.1. The van der Waals surface area contributed by atoms with E-state index in [0.717, 1.165) is 56.2 Å². The van der Waals surface area contributed by atoms with Gasteiger partial charge in [0.15, 0.2) is 0 Å². The van der Waals surface area contributed by atoms with Crippen molar-refractivity contribution in [3.63, 3.8) is 0 Å². The maximum atomic E-state index is 12.9. The van der Waals surface area contributed by atoms with E-state index >= 15 is 0 Å². The summed E-state index contributed by atoms with van der Waals surface area (Å²) < 4.78 is 7.81. The fourth-order valence-corrected chi connectivity index (χ4v) is 4.73. The molecular formula is C22H32N2O2. The van der Waals surface area contributed by atoms with Crippen LogP contribution in [0.2, 0.25) is 0 Å². The molecule has 0 spiro atoms. The molecule has 0 saturated heterocycles. The van der Waals surface area contributed by atoms with Crippen molar-refractivity contribution >= 4 is 16.8 Å². The number of aryl methyl sites for hydroxylation is 1. The lowest BCUT2D eigenvalue weighted by Gasteiger charge is -2.36. The van der Waals surface area contributed by atoms with Crippen LogP contribution in [-0.2, 0) is 23.2 Å². The van der Waals surface area contributed by atoms with E-state index in [1.807, 2.05) is 6.07 Å². The first kappa shape index (κ1) is 18.8. The van der Waals surface area contributed by atoms with Gasteiger partial charge in [0.05, 0.1) is 12.6 Å². The van der Waals surface area contributed by atoms with Crippen LogP contribution in [-0.4, -0.2) is 17.6 Å². The van der Waals surface area contributed by atoms with E-state index in [9.17, 15) is 4.79 Å². The lowest BCUT2D eigenvalue weighted by atomic mass is 9.85. The fraction of sp³-hybridized carbons (Fsp3) is 0.591. The summed E-state index contributed by atoms with van der Waals surface area (Å²) in [5.41, 5.74) is 9.30. The Labute approximate surface area is 156 Å². The van der Waals surface area contributed by atoms with Crippen LogP contribution in [0.25, 0.3) is 10.9 Å².